The fourth-order valence-electron chi connectivity index (χ4n) is 2.47. The molecule has 0 aliphatic heterocycles. The number of alkyl halides is 1. The number of nitrogens with zero attached hydrogens (tertiary/aromatic N) is 1. The van der Waals surface area contributed by atoms with Crippen molar-refractivity contribution in [2.45, 2.75) is 16.3 Å². The van der Waals surface area contributed by atoms with E-state index in [4.69, 9.17) is 11.6 Å². The smallest absolute Gasteiger partial charge is 0.177 e. The highest BCUT2D eigenvalue weighted by Crippen LogP contribution is 2.29. The molecule has 136 valence electrons. The zero-order chi connectivity index (χ0) is 18.7. The molecule has 0 atom stereocenters. The number of anilines is 1. The van der Waals surface area contributed by atoms with Crippen molar-refractivity contribution in [3.8, 4) is 0 Å². The van der Waals surface area contributed by atoms with Gasteiger partial charge < -0.3 is 4.90 Å². The molecule has 8 heteroatoms. The average Bonchev–Trinajstić information content (AvgIpc) is 2.53. The number of rotatable bonds is 7. The van der Waals surface area contributed by atoms with E-state index in [1.807, 2.05) is 35.2 Å². The molecule has 0 aromatic heterocycles. The molecular formula is C17H20ClNO4S2. The summed E-state index contributed by atoms with van der Waals surface area (Å²) in [5, 5.41) is 0. The van der Waals surface area contributed by atoms with Crippen LogP contribution in [0.3, 0.4) is 0 Å². The van der Waals surface area contributed by atoms with E-state index < -0.39 is 19.7 Å². The minimum atomic E-state index is -3.62. The van der Waals surface area contributed by atoms with Gasteiger partial charge in [0.05, 0.1) is 15.5 Å². The maximum absolute atomic E-state index is 12.2. The van der Waals surface area contributed by atoms with Crippen LogP contribution in [0.15, 0.2) is 58.3 Å². The molecule has 0 aliphatic rings. The summed E-state index contributed by atoms with van der Waals surface area (Å²) in [6.07, 6.45) is 2.12. The molecule has 0 heterocycles. The number of benzene rings is 2. The van der Waals surface area contributed by atoms with Crippen molar-refractivity contribution in [1.29, 1.82) is 0 Å². The molecule has 25 heavy (non-hydrogen) atoms. The first-order valence-corrected chi connectivity index (χ1v) is 11.8. The summed E-state index contributed by atoms with van der Waals surface area (Å²) >= 11 is 5.90. The van der Waals surface area contributed by atoms with Crippen LogP contribution in [0.1, 0.15) is 5.56 Å². The molecule has 0 fully saturated rings. The Hall–Kier alpha value is -1.57. The van der Waals surface area contributed by atoms with Gasteiger partial charge in [-0.1, -0.05) is 30.3 Å². The lowest BCUT2D eigenvalue weighted by Gasteiger charge is -2.26. The number of sulfone groups is 2. The van der Waals surface area contributed by atoms with Gasteiger partial charge in [0.15, 0.2) is 19.7 Å². The van der Waals surface area contributed by atoms with Crippen LogP contribution in [-0.4, -0.2) is 41.8 Å². The minimum absolute atomic E-state index is 0.0172. The predicted octanol–water partition coefficient (Wildman–Crippen LogP) is 2.74. The third-order valence-corrected chi connectivity index (χ3v) is 6.08. The largest absolute Gasteiger partial charge is 0.365 e. The Morgan fingerprint density at radius 3 is 2.08 bits per heavy atom. The third-order valence-electron chi connectivity index (χ3n) is 3.67. The molecule has 0 unspecified atom stereocenters. The van der Waals surface area contributed by atoms with Crippen molar-refractivity contribution < 1.29 is 16.8 Å². The molecule has 5 nitrogen and oxygen atoms in total. The van der Waals surface area contributed by atoms with Crippen molar-refractivity contribution in [3.05, 3.63) is 54.1 Å². The molecule has 0 saturated carbocycles. The van der Waals surface area contributed by atoms with Crippen LogP contribution in [0.4, 0.5) is 5.69 Å². The van der Waals surface area contributed by atoms with E-state index in [9.17, 15) is 16.8 Å². The fourth-order valence-corrected chi connectivity index (χ4v) is 4.32. The third kappa shape index (κ3) is 5.20. The van der Waals surface area contributed by atoms with Gasteiger partial charge in [-0.15, -0.1) is 11.6 Å². The molecule has 0 radical (unpaired) electrons. The molecule has 2 aromatic rings. The Labute approximate surface area is 154 Å². The van der Waals surface area contributed by atoms with Crippen LogP contribution in [0.25, 0.3) is 0 Å². The summed E-state index contributed by atoms with van der Waals surface area (Å²) in [6, 6.07) is 13.7. The van der Waals surface area contributed by atoms with Gasteiger partial charge in [0, 0.05) is 31.5 Å². The van der Waals surface area contributed by atoms with Crippen LogP contribution in [0.5, 0.6) is 0 Å². The van der Waals surface area contributed by atoms with Gasteiger partial charge in [0.2, 0.25) is 0 Å². The lowest BCUT2D eigenvalue weighted by atomic mass is 10.2. The van der Waals surface area contributed by atoms with E-state index in [-0.39, 0.29) is 9.79 Å². The first-order valence-electron chi connectivity index (χ1n) is 7.52. The molecule has 0 aliphatic carbocycles. The standard InChI is InChI=1S/C17H20ClNO4S2/c1-24(20,21)15-8-9-16(17(12-15)25(2,22)23)19(11-10-18)13-14-6-4-3-5-7-14/h3-9,12H,10-11,13H2,1-2H3. The maximum Gasteiger partial charge on any atom is 0.177 e. The zero-order valence-corrected chi connectivity index (χ0v) is 16.4. The van der Waals surface area contributed by atoms with E-state index in [1.165, 1.54) is 18.2 Å². The summed E-state index contributed by atoms with van der Waals surface area (Å²) < 4.78 is 48.0. The van der Waals surface area contributed by atoms with Crippen LogP contribution >= 0.6 is 11.6 Å². The van der Waals surface area contributed by atoms with Gasteiger partial charge in [-0.25, -0.2) is 16.8 Å². The van der Waals surface area contributed by atoms with Crippen molar-refractivity contribution >= 4 is 37.0 Å². The summed E-state index contributed by atoms with van der Waals surface area (Å²) in [7, 11) is -7.13. The van der Waals surface area contributed by atoms with E-state index in [0.29, 0.717) is 24.7 Å². The van der Waals surface area contributed by atoms with E-state index in [2.05, 4.69) is 0 Å². The van der Waals surface area contributed by atoms with Crippen molar-refractivity contribution in [1.82, 2.24) is 0 Å². The van der Waals surface area contributed by atoms with E-state index >= 15 is 0 Å². The molecular weight excluding hydrogens is 382 g/mol. The highest BCUT2D eigenvalue weighted by Gasteiger charge is 2.21. The minimum Gasteiger partial charge on any atom is -0.365 e. The quantitative estimate of drug-likeness (QED) is 0.667. The molecule has 2 rings (SSSR count). The summed E-state index contributed by atoms with van der Waals surface area (Å²) in [4.78, 5) is 1.80. The second-order valence-electron chi connectivity index (χ2n) is 5.77. The normalized spacial score (nSPS) is 12.1. The van der Waals surface area contributed by atoms with E-state index in [0.717, 1.165) is 18.1 Å². The number of halogens is 1. The number of hydrogen-bond donors (Lipinski definition) is 0. The van der Waals surface area contributed by atoms with Gasteiger partial charge in [-0.3, -0.25) is 0 Å². The molecule has 0 N–H and O–H groups in total. The zero-order valence-electron chi connectivity index (χ0n) is 14.0. The van der Waals surface area contributed by atoms with Crippen LogP contribution in [0, 0.1) is 0 Å². The van der Waals surface area contributed by atoms with Crippen molar-refractivity contribution in [2.24, 2.45) is 0 Å². The average molecular weight is 402 g/mol. The van der Waals surface area contributed by atoms with Gasteiger partial charge in [0.25, 0.3) is 0 Å². The van der Waals surface area contributed by atoms with Gasteiger partial charge >= 0.3 is 0 Å². The highest BCUT2D eigenvalue weighted by atomic mass is 35.5. The monoisotopic (exact) mass is 401 g/mol. The molecule has 0 spiro atoms. The summed E-state index contributed by atoms with van der Waals surface area (Å²) in [6.45, 7) is 0.894. The predicted molar refractivity (Wildman–Crippen MR) is 101 cm³/mol. The second-order valence-corrected chi connectivity index (χ2v) is 10.1. The SMILES string of the molecule is CS(=O)(=O)c1ccc(N(CCCl)Cc2ccccc2)c(S(C)(=O)=O)c1. The Bertz CT molecular complexity index is 942. The van der Waals surface area contributed by atoms with Crippen LogP contribution in [0.2, 0.25) is 0 Å². The molecule has 0 amide bonds. The van der Waals surface area contributed by atoms with Crippen molar-refractivity contribution in [3.63, 3.8) is 0 Å². The Kier molecular flexibility index (Phi) is 6.13. The van der Waals surface area contributed by atoms with Crippen molar-refractivity contribution in [2.75, 3.05) is 29.8 Å². The van der Waals surface area contributed by atoms with Crippen LogP contribution < -0.4 is 4.90 Å². The van der Waals surface area contributed by atoms with Crippen LogP contribution in [-0.2, 0) is 26.2 Å². The first-order chi connectivity index (χ1) is 11.6. The van der Waals surface area contributed by atoms with Gasteiger partial charge in [-0.2, -0.15) is 0 Å². The molecule has 0 saturated heterocycles. The summed E-state index contributed by atoms with van der Waals surface area (Å²) in [5.41, 5.74) is 1.44. The topological polar surface area (TPSA) is 71.5 Å². The highest BCUT2D eigenvalue weighted by molar-refractivity contribution is 7.91. The fraction of sp³-hybridized carbons (Fsp3) is 0.294. The van der Waals surface area contributed by atoms with E-state index in [1.54, 1.807) is 0 Å². The lowest BCUT2D eigenvalue weighted by molar-refractivity contribution is 0.599. The second kappa shape index (κ2) is 7.76. The Morgan fingerprint density at radius 1 is 0.920 bits per heavy atom. The van der Waals surface area contributed by atoms with Gasteiger partial charge in [-0.05, 0) is 23.8 Å². The lowest BCUT2D eigenvalue weighted by Crippen LogP contribution is -2.26. The molecule has 0 bridgehead atoms. The first kappa shape index (κ1) is 19.8. The maximum atomic E-state index is 12.2. The Balaban J connectivity index is 2.56. The van der Waals surface area contributed by atoms with Gasteiger partial charge in [0.1, 0.15) is 0 Å². The number of hydrogen-bond acceptors (Lipinski definition) is 5. The molecule has 2 aromatic carbocycles. The summed E-state index contributed by atoms with van der Waals surface area (Å²) in [5.74, 6) is 0.309. The Morgan fingerprint density at radius 2 is 1.56 bits per heavy atom.